The third-order valence-electron chi connectivity index (χ3n) is 3.34. The van der Waals surface area contributed by atoms with E-state index >= 15 is 0 Å². The molecule has 1 N–H and O–H groups in total. The van der Waals surface area contributed by atoms with Gasteiger partial charge in [0.25, 0.3) is 0 Å². The van der Waals surface area contributed by atoms with E-state index in [0.717, 1.165) is 26.2 Å². The first-order valence-corrected chi connectivity index (χ1v) is 8.45. The summed E-state index contributed by atoms with van der Waals surface area (Å²) < 4.78 is 11.4. The molecule has 2 rings (SSSR count). The zero-order chi connectivity index (χ0) is 14.5. The van der Waals surface area contributed by atoms with E-state index in [1.165, 1.54) is 0 Å². The largest absolute Gasteiger partial charge is 0.357 e. The zero-order valence-electron chi connectivity index (χ0n) is 12.3. The normalized spacial score (nSPS) is 16.2. The smallest absolute Gasteiger partial charge is 0.232 e. The molecule has 8 heteroatoms. The maximum Gasteiger partial charge on any atom is 0.232 e. The Morgan fingerprint density at radius 1 is 1.20 bits per heavy atom. The van der Waals surface area contributed by atoms with Gasteiger partial charge < -0.3 is 15.1 Å². The van der Waals surface area contributed by atoms with Crippen LogP contribution in [0.1, 0.15) is 13.8 Å². The third kappa shape index (κ3) is 3.36. The lowest BCUT2D eigenvalue weighted by Crippen LogP contribution is -2.39. The van der Waals surface area contributed by atoms with E-state index in [-0.39, 0.29) is 0 Å². The molecule has 1 fully saturated rings. The molecule has 7 nitrogen and oxygen atoms in total. The maximum absolute atomic E-state index is 11.4. The molecule has 0 unspecified atom stereocenters. The van der Waals surface area contributed by atoms with Crippen LogP contribution < -0.4 is 15.1 Å². The second-order valence-electron chi connectivity index (χ2n) is 4.52. The average molecular weight is 298 g/mol. The Bertz CT molecular complexity index is 469. The highest BCUT2D eigenvalue weighted by atomic mass is 32.2. The van der Waals surface area contributed by atoms with Gasteiger partial charge in [0, 0.05) is 55.5 Å². The van der Waals surface area contributed by atoms with Gasteiger partial charge in [-0.1, -0.05) is 0 Å². The van der Waals surface area contributed by atoms with Crippen molar-refractivity contribution in [2.24, 2.45) is 0 Å². The first kappa shape index (κ1) is 15.0. The van der Waals surface area contributed by atoms with Gasteiger partial charge in [0.15, 0.2) is 0 Å². The summed E-state index contributed by atoms with van der Waals surface area (Å²) in [5.41, 5.74) is 0. The molecule has 0 aliphatic carbocycles. The minimum absolute atomic E-state index is 0.573. The lowest BCUT2D eigenvalue weighted by atomic mass is 10.5. The van der Waals surface area contributed by atoms with Crippen molar-refractivity contribution in [3.8, 4) is 0 Å². The SMILES string of the molecule is CCN(CC)c1nc(NC)nc(N2CCS(=O)CC2)n1. The number of anilines is 3. The molecule has 20 heavy (non-hydrogen) atoms. The molecule has 0 aromatic carbocycles. The van der Waals surface area contributed by atoms with Crippen molar-refractivity contribution in [2.45, 2.75) is 13.8 Å². The highest BCUT2D eigenvalue weighted by Gasteiger charge is 2.20. The number of aromatic nitrogens is 3. The van der Waals surface area contributed by atoms with Crippen LogP contribution in [0.3, 0.4) is 0 Å². The van der Waals surface area contributed by atoms with Crippen LogP contribution in [0.15, 0.2) is 0 Å². The summed E-state index contributed by atoms with van der Waals surface area (Å²) in [5.74, 6) is 3.30. The second-order valence-corrected chi connectivity index (χ2v) is 6.21. The predicted octanol–water partition coefficient (Wildman–Crippen LogP) is 0.328. The van der Waals surface area contributed by atoms with E-state index < -0.39 is 10.8 Å². The summed E-state index contributed by atoms with van der Waals surface area (Å²) in [7, 11) is 1.10. The molecule has 0 saturated carbocycles. The lowest BCUT2D eigenvalue weighted by molar-refractivity contribution is 0.670. The van der Waals surface area contributed by atoms with Gasteiger partial charge >= 0.3 is 0 Å². The Morgan fingerprint density at radius 3 is 2.40 bits per heavy atom. The predicted molar refractivity (Wildman–Crippen MR) is 83.0 cm³/mol. The van der Waals surface area contributed by atoms with Crippen LogP contribution in [-0.2, 0) is 10.8 Å². The van der Waals surface area contributed by atoms with Gasteiger partial charge in [0.05, 0.1) is 0 Å². The number of nitrogens with zero attached hydrogens (tertiary/aromatic N) is 5. The Kier molecular flexibility index (Phi) is 5.11. The van der Waals surface area contributed by atoms with Gasteiger partial charge in [-0.2, -0.15) is 15.0 Å². The molecule has 0 bridgehead atoms. The van der Waals surface area contributed by atoms with Gasteiger partial charge in [-0.05, 0) is 13.8 Å². The quantitative estimate of drug-likeness (QED) is 0.839. The van der Waals surface area contributed by atoms with Crippen molar-refractivity contribution in [3.63, 3.8) is 0 Å². The van der Waals surface area contributed by atoms with Crippen molar-refractivity contribution >= 4 is 28.6 Å². The molecule has 0 spiro atoms. The Hall–Kier alpha value is -1.44. The van der Waals surface area contributed by atoms with Crippen LogP contribution >= 0.6 is 0 Å². The maximum atomic E-state index is 11.4. The first-order valence-electron chi connectivity index (χ1n) is 6.96. The van der Waals surface area contributed by atoms with Crippen molar-refractivity contribution in [3.05, 3.63) is 0 Å². The third-order valence-corrected chi connectivity index (χ3v) is 4.62. The Morgan fingerprint density at radius 2 is 1.85 bits per heavy atom. The molecule has 0 atom stereocenters. The van der Waals surface area contributed by atoms with Crippen LogP contribution in [0, 0.1) is 0 Å². The van der Waals surface area contributed by atoms with Crippen LogP contribution in [-0.4, -0.2) is 63.9 Å². The molecule has 0 radical (unpaired) electrons. The molecule has 0 amide bonds. The Balaban J connectivity index is 2.27. The Labute approximate surface area is 122 Å². The van der Waals surface area contributed by atoms with Gasteiger partial charge in [-0.15, -0.1) is 0 Å². The summed E-state index contributed by atoms with van der Waals surface area (Å²) in [4.78, 5) is 17.6. The highest BCUT2D eigenvalue weighted by molar-refractivity contribution is 7.85. The minimum Gasteiger partial charge on any atom is -0.357 e. The molecular formula is C12H22N6OS. The van der Waals surface area contributed by atoms with Gasteiger partial charge in [-0.25, -0.2) is 0 Å². The second kappa shape index (κ2) is 6.83. The molecule has 1 aliphatic rings. The minimum atomic E-state index is -0.698. The van der Waals surface area contributed by atoms with E-state index in [1.54, 1.807) is 7.05 Å². The van der Waals surface area contributed by atoms with Crippen LogP contribution in [0.2, 0.25) is 0 Å². The molecule has 112 valence electrons. The lowest BCUT2D eigenvalue weighted by Gasteiger charge is -2.27. The van der Waals surface area contributed by atoms with Crippen molar-refractivity contribution in [1.82, 2.24) is 15.0 Å². The fourth-order valence-electron chi connectivity index (χ4n) is 2.09. The van der Waals surface area contributed by atoms with Crippen LogP contribution in [0.4, 0.5) is 17.8 Å². The van der Waals surface area contributed by atoms with Crippen molar-refractivity contribution in [1.29, 1.82) is 0 Å². The van der Waals surface area contributed by atoms with Crippen LogP contribution in [0.25, 0.3) is 0 Å². The number of rotatable bonds is 5. The molecule has 1 aromatic rings. The first-order chi connectivity index (χ1) is 9.67. The zero-order valence-corrected chi connectivity index (χ0v) is 13.1. The topological polar surface area (TPSA) is 74.2 Å². The van der Waals surface area contributed by atoms with Crippen molar-refractivity contribution < 1.29 is 4.21 Å². The van der Waals surface area contributed by atoms with Crippen LogP contribution in [0.5, 0.6) is 0 Å². The number of hydrogen-bond acceptors (Lipinski definition) is 7. The molecular weight excluding hydrogens is 276 g/mol. The van der Waals surface area contributed by atoms with Crippen molar-refractivity contribution in [2.75, 3.05) is 59.8 Å². The summed E-state index contributed by atoms with van der Waals surface area (Å²) in [5, 5.41) is 2.98. The number of nitrogens with one attached hydrogen (secondary N) is 1. The van der Waals surface area contributed by atoms with E-state index in [1.807, 2.05) is 0 Å². The summed E-state index contributed by atoms with van der Waals surface area (Å²) in [6.07, 6.45) is 0. The molecule has 2 heterocycles. The van der Waals surface area contributed by atoms with Gasteiger partial charge in [0.2, 0.25) is 17.8 Å². The summed E-state index contributed by atoms with van der Waals surface area (Å²) >= 11 is 0. The monoisotopic (exact) mass is 298 g/mol. The molecule has 1 aromatic heterocycles. The molecule has 1 saturated heterocycles. The average Bonchev–Trinajstić information content (AvgIpc) is 2.49. The van der Waals surface area contributed by atoms with E-state index in [0.29, 0.717) is 29.4 Å². The van der Waals surface area contributed by atoms with E-state index in [2.05, 4.69) is 43.9 Å². The van der Waals surface area contributed by atoms with Gasteiger partial charge in [-0.3, -0.25) is 4.21 Å². The number of hydrogen-bond donors (Lipinski definition) is 1. The molecule has 1 aliphatic heterocycles. The standard InChI is InChI=1S/C12H22N6OS/c1-4-17(5-2)11-14-10(13-3)15-12(16-11)18-6-8-20(19)9-7-18/h4-9H2,1-3H3,(H,13,14,15,16). The fourth-order valence-corrected chi connectivity index (χ4v) is 3.15. The summed E-state index contributed by atoms with van der Waals surface area (Å²) in [6.45, 7) is 7.33. The van der Waals surface area contributed by atoms with E-state index in [4.69, 9.17) is 0 Å². The fraction of sp³-hybridized carbons (Fsp3) is 0.750. The van der Waals surface area contributed by atoms with E-state index in [9.17, 15) is 4.21 Å². The van der Waals surface area contributed by atoms with Gasteiger partial charge in [0.1, 0.15) is 0 Å². The summed E-state index contributed by atoms with van der Waals surface area (Å²) in [6, 6.07) is 0. The highest BCUT2D eigenvalue weighted by Crippen LogP contribution is 2.17.